The number of rotatable bonds is 0. The molecule has 0 amide bonds. The van der Waals surface area contributed by atoms with Gasteiger partial charge in [0.2, 0.25) is 0 Å². The Hall–Kier alpha value is -0.350. The van der Waals surface area contributed by atoms with Crippen molar-refractivity contribution in [3.8, 4) is 0 Å². The van der Waals surface area contributed by atoms with Crippen LogP contribution in [0, 0.1) is 13.8 Å². The molecule has 0 aliphatic carbocycles. The predicted octanol–water partition coefficient (Wildman–Crippen LogP) is 4.62. The molecule has 2 aromatic carbocycles. The van der Waals surface area contributed by atoms with Crippen LogP contribution in [0.1, 0.15) is 11.1 Å². The van der Waals surface area contributed by atoms with Gasteiger partial charge >= 0.3 is 36.3 Å². The molecule has 0 aliphatic rings. The summed E-state index contributed by atoms with van der Waals surface area (Å²) in [5, 5.41) is 0. The first-order valence-corrected chi connectivity index (χ1v) is 9.05. The summed E-state index contributed by atoms with van der Waals surface area (Å²) in [5.41, 5.74) is 2.14. The fourth-order valence-corrected chi connectivity index (χ4v) is 0.956. The SMILES string of the molecule is [Ag][I].[CH2-]c1ccccc1.[CH2-]c1ccccc1. The molecule has 0 radical (unpaired) electrons. The van der Waals surface area contributed by atoms with Gasteiger partial charge in [-0.25, -0.2) is 0 Å². The molecule has 0 heterocycles. The van der Waals surface area contributed by atoms with Crippen LogP contribution in [-0.4, -0.2) is 0 Å². The Labute approximate surface area is 121 Å². The van der Waals surface area contributed by atoms with Crippen molar-refractivity contribution in [2.45, 2.75) is 0 Å². The van der Waals surface area contributed by atoms with Crippen LogP contribution in [0.2, 0.25) is 0 Å². The van der Waals surface area contributed by atoms with Crippen LogP contribution in [0.25, 0.3) is 0 Å². The fourth-order valence-electron chi connectivity index (χ4n) is 0.956. The molecule has 2 heteroatoms. The summed E-state index contributed by atoms with van der Waals surface area (Å²) in [5.74, 6) is 0. The summed E-state index contributed by atoms with van der Waals surface area (Å²) in [4.78, 5) is 0. The van der Waals surface area contributed by atoms with Gasteiger partial charge < -0.3 is 0 Å². The van der Waals surface area contributed by atoms with Gasteiger partial charge in [-0.3, -0.25) is 0 Å². The molecule has 0 saturated carbocycles. The van der Waals surface area contributed by atoms with Crippen molar-refractivity contribution in [1.29, 1.82) is 0 Å². The van der Waals surface area contributed by atoms with E-state index in [-0.39, 0.29) is 0 Å². The zero-order valence-corrected chi connectivity index (χ0v) is 12.5. The van der Waals surface area contributed by atoms with Gasteiger partial charge in [0.1, 0.15) is 0 Å². The van der Waals surface area contributed by atoms with E-state index < -0.39 is 0 Å². The number of hydrogen-bond donors (Lipinski definition) is 0. The summed E-state index contributed by atoms with van der Waals surface area (Å²) in [7, 11) is 0. The van der Waals surface area contributed by atoms with Crippen LogP contribution in [0.3, 0.4) is 0 Å². The summed E-state index contributed by atoms with van der Waals surface area (Å²) in [6, 6.07) is 19.7. The largest absolute Gasteiger partial charge is 0.199 e. The molecule has 0 fully saturated rings. The van der Waals surface area contributed by atoms with Gasteiger partial charge in [-0.2, -0.15) is 49.2 Å². The first-order chi connectivity index (χ1) is 7.79. The van der Waals surface area contributed by atoms with Crippen molar-refractivity contribution in [1.82, 2.24) is 0 Å². The monoisotopic (exact) mass is 416 g/mol. The van der Waals surface area contributed by atoms with E-state index in [0.717, 1.165) is 11.1 Å². The van der Waals surface area contributed by atoms with E-state index in [4.69, 9.17) is 0 Å². The Kier molecular flexibility index (Phi) is 10.9. The second-order valence-corrected chi connectivity index (χ2v) is 2.97. The van der Waals surface area contributed by atoms with E-state index in [1.165, 1.54) is 0 Å². The third-order valence-corrected chi connectivity index (χ3v) is 1.69. The molecule has 0 aromatic heterocycles. The molecular formula is C14H14AgI-2. The molecule has 16 heavy (non-hydrogen) atoms. The Morgan fingerprint density at radius 3 is 1.00 bits per heavy atom. The minimum atomic E-state index is 1.07. The van der Waals surface area contributed by atoms with E-state index in [0.29, 0.717) is 0 Å². The van der Waals surface area contributed by atoms with Gasteiger partial charge in [0.05, 0.1) is 0 Å². The molecule has 0 N–H and O–H groups in total. The van der Waals surface area contributed by atoms with E-state index in [1.807, 2.05) is 79.7 Å². The standard InChI is InChI=1S/2C7H7.Ag.HI/c2*1-7-5-3-2-4-6-7;;/h2*2-6H,1H2;;1H/q2*-1;+1;/p-1. The van der Waals surface area contributed by atoms with Crippen LogP contribution in [0.5, 0.6) is 0 Å². The quantitative estimate of drug-likeness (QED) is 0.334. The molecule has 0 nitrogen and oxygen atoms in total. The number of hydrogen-bond acceptors (Lipinski definition) is 0. The maximum atomic E-state index is 3.72. The molecule has 0 unspecified atom stereocenters. The van der Waals surface area contributed by atoms with Gasteiger partial charge in [-0.15, -0.1) is 24.3 Å². The summed E-state index contributed by atoms with van der Waals surface area (Å²) in [6.45, 7) is 7.44. The smallest absolute Gasteiger partial charge is 0.0866 e. The maximum Gasteiger partial charge on any atom is -0.0866 e. The Bertz CT molecular complexity index is 308. The molecule has 0 spiro atoms. The zero-order chi connectivity index (χ0) is 12.2. The molecule has 0 bridgehead atoms. The van der Waals surface area contributed by atoms with E-state index in [2.05, 4.69) is 31.1 Å². The minimum Gasteiger partial charge on any atom is -0.199 e. The van der Waals surface area contributed by atoms with Crippen molar-refractivity contribution in [2.75, 3.05) is 0 Å². The second kappa shape index (κ2) is 11.1. The normalized spacial score (nSPS) is 7.94. The Morgan fingerprint density at radius 1 is 0.625 bits per heavy atom. The molecule has 0 aliphatic heterocycles. The molecule has 90 valence electrons. The van der Waals surface area contributed by atoms with Crippen LogP contribution in [-0.2, 0) is 17.3 Å². The van der Waals surface area contributed by atoms with Crippen molar-refractivity contribution >= 4 is 19.0 Å². The van der Waals surface area contributed by atoms with E-state index >= 15 is 0 Å². The maximum absolute atomic E-state index is 3.72. The fraction of sp³-hybridized carbons (Fsp3) is 0. The molecular weight excluding hydrogens is 403 g/mol. The van der Waals surface area contributed by atoms with Gasteiger partial charge in [-0.1, -0.05) is 12.1 Å². The van der Waals surface area contributed by atoms with Gasteiger partial charge in [0.25, 0.3) is 0 Å². The summed E-state index contributed by atoms with van der Waals surface area (Å²) in [6.07, 6.45) is 0. The minimum absolute atomic E-state index is 1.07. The molecule has 2 aromatic rings. The third-order valence-electron chi connectivity index (χ3n) is 1.69. The van der Waals surface area contributed by atoms with Crippen molar-refractivity contribution in [2.24, 2.45) is 0 Å². The van der Waals surface area contributed by atoms with Crippen molar-refractivity contribution in [3.05, 3.63) is 85.6 Å². The second-order valence-electron chi connectivity index (χ2n) is 2.97. The first kappa shape index (κ1) is 15.7. The van der Waals surface area contributed by atoms with Crippen molar-refractivity contribution in [3.63, 3.8) is 0 Å². The summed E-state index contributed by atoms with van der Waals surface area (Å²) >= 11 is 4.88. The third kappa shape index (κ3) is 8.92. The van der Waals surface area contributed by atoms with Crippen LogP contribution in [0.4, 0.5) is 0 Å². The Balaban J connectivity index is 0.000000244. The van der Waals surface area contributed by atoms with Crippen LogP contribution in [0.15, 0.2) is 60.7 Å². The van der Waals surface area contributed by atoms with Gasteiger partial charge in [0, 0.05) is 0 Å². The topological polar surface area (TPSA) is 0 Å². The van der Waals surface area contributed by atoms with Crippen LogP contribution < -0.4 is 0 Å². The first-order valence-electron chi connectivity index (χ1n) is 4.64. The van der Waals surface area contributed by atoms with Gasteiger partial charge in [0.15, 0.2) is 0 Å². The van der Waals surface area contributed by atoms with Gasteiger partial charge in [-0.05, 0) is 0 Å². The predicted molar refractivity (Wildman–Crippen MR) is 75.8 cm³/mol. The molecule has 0 atom stereocenters. The van der Waals surface area contributed by atoms with Crippen LogP contribution >= 0.6 is 19.0 Å². The average molecular weight is 417 g/mol. The number of halogens is 1. The molecule has 0 saturated heterocycles. The van der Waals surface area contributed by atoms with E-state index in [9.17, 15) is 0 Å². The van der Waals surface area contributed by atoms with Crippen molar-refractivity contribution < 1.29 is 17.3 Å². The Morgan fingerprint density at radius 2 is 0.875 bits per heavy atom. The molecule has 2 rings (SSSR count). The zero-order valence-electron chi connectivity index (χ0n) is 8.87. The summed E-state index contributed by atoms with van der Waals surface area (Å²) < 4.78 is 0. The van der Waals surface area contributed by atoms with E-state index in [1.54, 1.807) is 0 Å². The average Bonchev–Trinajstić information content (AvgIpc) is 2.34. The number of benzene rings is 2.